The molecule has 8 nitrogen and oxygen atoms in total. The highest BCUT2D eigenvalue weighted by Gasteiger charge is 2.49. The van der Waals surface area contributed by atoms with Crippen molar-refractivity contribution < 1.29 is 9.32 Å². The number of unbranched alkanes of at least 4 members (excludes halogenated alkanes) is 2. The third-order valence-corrected chi connectivity index (χ3v) is 9.21. The Morgan fingerprint density at radius 2 is 1.79 bits per heavy atom. The zero-order valence-corrected chi connectivity index (χ0v) is 25.8. The summed E-state index contributed by atoms with van der Waals surface area (Å²) in [7, 11) is 0. The second-order valence-electron chi connectivity index (χ2n) is 10.7. The van der Waals surface area contributed by atoms with Crippen LogP contribution in [0.1, 0.15) is 120 Å². The highest BCUT2D eigenvalue weighted by Crippen LogP contribution is 2.47. The predicted molar refractivity (Wildman–Crippen MR) is 159 cm³/mol. The summed E-state index contributed by atoms with van der Waals surface area (Å²) in [6, 6.07) is 0.203. The van der Waals surface area contributed by atoms with Crippen LogP contribution in [0.25, 0.3) is 22.6 Å². The summed E-state index contributed by atoms with van der Waals surface area (Å²) in [5.41, 5.74) is 3.41. The Bertz CT molecular complexity index is 1270. The molecule has 2 fully saturated rings. The van der Waals surface area contributed by atoms with E-state index in [2.05, 4.69) is 42.4 Å². The van der Waals surface area contributed by atoms with Crippen LogP contribution in [0.15, 0.2) is 9.55 Å². The van der Waals surface area contributed by atoms with Gasteiger partial charge in [-0.15, -0.1) is 11.8 Å². The van der Waals surface area contributed by atoms with Crippen LogP contribution in [0.2, 0.25) is 0 Å². The normalized spacial score (nSPS) is 17.3. The van der Waals surface area contributed by atoms with E-state index in [9.17, 15) is 4.79 Å². The molecule has 39 heavy (non-hydrogen) atoms. The van der Waals surface area contributed by atoms with E-state index in [4.69, 9.17) is 19.6 Å². The average molecular weight is 555 g/mol. The quantitative estimate of drug-likeness (QED) is 0.137. The molecule has 5 heterocycles. The SMILES string of the molecule is CC.CCCCC(=O)c1onc(-c2nc(SC)c3c(C)nn(C(C)C45CCCN4CCC5)c3n2)c1CCCC. The molecule has 0 bridgehead atoms. The number of hydrogen-bond donors (Lipinski definition) is 0. The van der Waals surface area contributed by atoms with E-state index in [1.165, 1.54) is 38.8 Å². The predicted octanol–water partition coefficient (Wildman–Crippen LogP) is 7.44. The summed E-state index contributed by atoms with van der Waals surface area (Å²) in [5.74, 6) is 0.937. The molecular formula is C30H46N6O2S. The van der Waals surface area contributed by atoms with E-state index in [-0.39, 0.29) is 17.4 Å². The van der Waals surface area contributed by atoms with Crippen LogP contribution in [-0.2, 0) is 6.42 Å². The fourth-order valence-corrected chi connectivity index (χ4v) is 7.12. The summed E-state index contributed by atoms with van der Waals surface area (Å²) < 4.78 is 7.85. The molecular weight excluding hydrogens is 508 g/mol. The standard InChI is InChI=1S/C28H40N6O2S.C2H6/c1-6-8-12-20-23(32-36-24(20)21(35)13-9-7-2)25-29-26-22(27(30-25)37-5)18(3)31-34(26)19(4)28-14-10-16-33(28)17-11-15-28;1-2/h19H,6-17H2,1-5H3;1-2H3. The van der Waals surface area contributed by atoms with Crippen molar-refractivity contribution in [3.63, 3.8) is 0 Å². The summed E-state index contributed by atoms with van der Waals surface area (Å²) in [6.45, 7) is 15.0. The van der Waals surface area contributed by atoms with Crippen molar-refractivity contribution >= 4 is 28.6 Å². The van der Waals surface area contributed by atoms with Crippen LogP contribution >= 0.6 is 11.8 Å². The highest BCUT2D eigenvalue weighted by atomic mass is 32.2. The smallest absolute Gasteiger partial charge is 0.206 e. The molecule has 0 radical (unpaired) electrons. The van der Waals surface area contributed by atoms with Gasteiger partial charge in [0, 0.05) is 17.5 Å². The molecule has 2 aliphatic rings. The molecule has 0 aromatic carbocycles. The van der Waals surface area contributed by atoms with Crippen molar-refractivity contribution in [3.8, 4) is 11.5 Å². The summed E-state index contributed by atoms with van der Waals surface area (Å²) in [6.07, 6.45) is 11.9. The minimum absolute atomic E-state index is 0.0223. The maximum Gasteiger partial charge on any atom is 0.206 e. The van der Waals surface area contributed by atoms with Crippen LogP contribution in [0.3, 0.4) is 0 Å². The third kappa shape index (κ3) is 5.41. The maximum absolute atomic E-state index is 13.0. The van der Waals surface area contributed by atoms with Crippen molar-refractivity contribution in [2.75, 3.05) is 19.3 Å². The Balaban J connectivity index is 0.00000172. The number of nitrogens with zero attached hydrogens (tertiary/aromatic N) is 6. The Morgan fingerprint density at radius 1 is 1.10 bits per heavy atom. The molecule has 0 N–H and O–H groups in total. The fraction of sp³-hybridized carbons (Fsp3) is 0.700. The van der Waals surface area contributed by atoms with E-state index >= 15 is 0 Å². The minimum Gasteiger partial charge on any atom is -0.352 e. The van der Waals surface area contributed by atoms with Gasteiger partial charge >= 0.3 is 0 Å². The third-order valence-electron chi connectivity index (χ3n) is 8.53. The molecule has 0 aliphatic carbocycles. The lowest BCUT2D eigenvalue weighted by atomic mass is 9.87. The van der Waals surface area contributed by atoms with Gasteiger partial charge in [-0.1, -0.05) is 45.7 Å². The molecule has 1 atom stereocenters. The van der Waals surface area contributed by atoms with Crippen LogP contribution in [0.4, 0.5) is 0 Å². The Labute approximate surface area is 237 Å². The van der Waals surface area contributed by atoms with Crippen molar-refractivity contribution in [3.05, 3.63) is 17.0 Å². The number of ketones is 1. The minimum atomic E-state index is 0.0223. The number of fused-ring (bicyclic) bond motifs is 2. The van der Waals surface area contributed by atoms with Gasteiger partial charge in [0.1, 0.15) is 5.03 Å². The van der Waals surface area contributed by atoms with E-state index in [1.54, 1.807) is 11.8 Å². The fourth-order valence-electron chi connectivity index (χ4n) is 6.49. The zero-order chi connectivity index (χ0) is 28.2. The summed E-state index contributed by atoms with van der Waals surface area (Å²) in [5, 5.41) is 11.4. The Kier molecular flexibility index (Phi) is 9.86. The number of carbonyl (C=O) groups excluding carboxylic acids is 1. The van der Waals surface area contributed by atoms with Crippen molar-refractivity contribution in [1.82, 2.24) is 29.8 Å². The second-order valence-corrected chi connectivity index (χ2v) is 11.5. The molecule has 1 unspecified atom stereocenters. The van der Waals surface area contributed by atoms with E-state index in [0.29, 0.717) is 23.7 Å². The summed E-state index contributed by atoms with van der Waals surface area (Å²) >= 11 is 1.60. The number of Topliss-reactive ketones (excluding diaryl/α,β-unsaturated/α-hetero) is 1. The number of hydrogen-bond acceptors (Lipinski definition) is 8. The second kappa shape index (κ2) is 12.9. The van der Waals surface area contributed by atoms with E-state index in [1.807, 2.05) is 20.1 Å². The van der Waals surface area contributed by atoms with Gasteiger partial charge in [0.05, 0.1) is 17.1 Å². The lowest BCUT2D eigenvalue weighted by Gasteiger charge is -2.38. The number of rotatable bonds is 11. The van der Waals surface area contributed by atoms with Gasteiger partial charge in [-0.3, -0.25) is 9.69 Å². The van der Waals surface area contributed by atoms with Gasteiger partial charge in [-0.05, 0) is 78.1 Å². The van der Waals surface area contributed by atoms with Gasteiger partial charge in [0.2, 0.25) is 11.5 Å². The monoisotopic (exact) mass is 554 g/mol. The highest BCUT2D eigenvalue weighted by molar-refractivity contribution is 7.98. The first kappa shape index (κ1) is 29.7. The van der Waals surface area contributed by atoms with Crippen LogP contribution in [-0.4, -0.2) is 60.5 Å². The Hall–Kier alpha value is -2.26. The number of thioether (sulfide) groups is 1. The van der Waals surface area contributed by atoms with Crippen LogP contribution in [0.5, 0.6) is 0 Å². The molecule has 0 amide bonds. The first-order valence-corrected chi connectivity index (χ1v) is 16.3. The zero-order valence-electron chi connectivity index (χ0n) is 25.0. The van der Waals surface area contributed by atoms with E-state index in [0.717, 1.165) is 59.4 Å². The number of carbonyl (C=O) groups is 1. The summed E-state index contributed by atoms with van der Waals surface area (Å²) in [4.78, 5) is 25.7. The van der Waals surface area contributed by atoms with Crippen molar-refractivity contribution in [1.29, 1.82) is 0 Å². The lowest BCUT2D eigenvalue weighted by molar-refractivity contribution is 0.0942. The average Bonchev–Trinajstić information content (AvgIpc) is 3.73. The maximum atomic E-state index is 13.0. The van der Waals surface area contributed by atoms with Gasteiger partial charge < -0.3 is 4.52 Å². The number of aromatic nitrogens is 5. The molecule has 3 aromatic heterocycles. The van der Waals surface area contributed by atoms with Gasteiger partial charge in [-0.2, -0.15) is 5.10 Å². The molecule has 214 valence electrons. The largest absolute Gasteiger partial charge is 0.352 e. The first-order chi connectivity index (χ1) is 18.9. The van der Waals surface area contributed by atoms with Gasteiger partial charge in [-0.25, -0.2) is 14.6 Å². The van der Waals surface area contributed by atoms with E-state index < -0.39 is 0 Å². The van der Waals surface area contributed by atoms with Crippen LogP contribution in [0, 0.1) is 6.92 Å². The molecule has 3 aromatic rings. The molecule has 5 rings (SSSR count). The van der Waals surface area contributed by atoms with Gasteiger partial charge in [0.15, 0.2) is 17.2 Å². The molecule has 0 spiro atoms. The van der Waals surface area contributed by atoms with Gasteiger partial charge in [0.25, 0.3) is 0 Å². The van der Waals surface area contributed by atoms with Crippen molar-refractivity contribution in [2.24, 2.45) is 0 Å². The van der Waals surface area contributed by atoms with Crippen LogP contribution < -0.4 is 0 Å². The first-order valence-electron chi connectivity index (χ1n) is 15.0. The molecule has 9 heteroatoms. The molecule has 0 saturated carbocycles. The lowest BCUT2D eigenvalue weighted by Crippen LogP contribution is -2.45. The number of aryl methyl sites for hydroxylation is 1. The Morgan fingerprint density at radius 3 is 2.44 bits per heavy atom. The topological polar surface area (TPSA) is 89.9 Å². The molecule has 2 saturated heterocycles. The molecule has 2 aliphatic heterocycles. The van der Waals surface area contributed by atoms with Crippen molar-refractivity contribution in [2.45, 2.75) is 122 Å².